The molecule has 2 aliphatic rings. The molecule has 3 atom stereocenters. The van der Waals surface area contributed by atoms with Crippen LogP contribution in [0.2, 0.25) is 0 Å². The molecule has 0 aliphatic carbocycles. The van der Waals surface area contributed by atoms with Crippen molar-refractivity contribution in [2.45, 2.75) is 59.2 Å². The van der Waals surface area contributed by atoms with Crippen LogP contribution >= 0.6 is 0 Å². The van der Waals surface area contributed by atoms with Gasteiger partial charge >= 0.3 is 0 Å². The molecule has 2 aliphatic heterocycles. The van der Waals surface area contributed by atoms with Crippen molar-refractivity contribution in [1.82, 2.24) is 19.8 Å². The minimum Gasteiger partial charge on any atom is -0.380 e. The van der Waals surface area contributed by atoms with Crippen molar-refractivity contribution >= 4 is 28.4 Å². The third-order valence-corrected chi connectivity index (χ3v) is 7.57. The number of amides is 2. The van der Waals surface area contributed by atoms with E-state index in [0.29, 0.717) is 39.8 Å². The van der Waals surface area contributed by atoms with Gasteiger partial charge in [0.25, 0.3) is 5.56 Å². The number of nitrogens with zero attached hydrogens (tertiary/aromatic N) is 3. The lowest BCUT2D eigenvalue weighted by atomic mass is 9.91. The number of piperidine rings is 2. The standard InChI is InChI=1S/C29H34FN5O3/c1-17-11-18(2)15-34(14-17)16-20-7-8-21(22(30)12-20)13-31-23-5-4-6-24-27(23)29(38)35(19(3)32-24)25-9-10-26(36)33-28(25)37/h4-8,12,17-18,25,31H,9-11,13-16H2,1-3H3,(H,33,36,37). The Morgan fingerprint density at radius 2 is 1.87 bits per heavy atom. The average molecular weight is 520 g/mol. The zero-order chi connectivity index (χ0) is 27.0. The minimum atomic E-state index is -0.805. The molecule has 3 heterocycles. The zero-order valence-corrected chi connectivity index (χ0v) is 22.1. The summed E-state index contributed by atoms with van der Waals surface area (Å²) < 4.78 is 16.4. The average Bonchev–Trinajstić information content (AvgIpc) is 2.84. The van der Waals surface area contributed by atoms with Gasteiger partial charge < -0.3 is 5.32 Å². The predicted octanol–water partition coefficient (Wildman–Crippen LogP) is 3.91. The smallest absolute Gasteiger partial charge is 0.264 e. The summed E-state index contributed by atoms with van der Waals surface area (Å²) in [5.74, 6) is 0.544. The summed E-state index contributed by atoms with van der Waals surface area (Å²) in [6.45, 7) is 9.18. The molecule has 3 aromatic rings. The summed E-state index contributed by atoms with van der Waals surface area (Å²) in [6, 6.07) is 9.83. The highest BCUT2D eigenvalue weighted by molar-refractivity contribution is 5.99. The second kappa shape index (κ2) is 10.6. The zero-order valence-electron chi connectivity index (χ0n) is 22.1. The van der Waals surface area contributed by atoms with Crippen LogP contribution < -0.4 is 16.2 Å². The molecule has 2 N–H and O–H groups in total. The van der Waals surface area contributed by atoms with E-state index in [9.17, 15) is 14.4 Å². The van der Waals surface area contributed by atoms with Crippen LogP contribution in [-0.2, 0) is 22.7 Å². The van der Waals surface area contributed by atoms with Gasteiger partial charge in [0.2, 0.25) is 11.8 Å². The number of halogens is 1. The summed E-state index contributed by atoms with van der Waals surface area (Å²) in [4.78, 5) is 44.6. The van der Waals surface area contributed by atoms with Crippen molar-refractivity contribution in [1.29, 1.82) is 0 Å². The summed E-state index contributed by atoms with van der Waals surface area (Å²) in [6.07, 6.45) is 1.63. The van der Waals surface area contributed by atoms with E-state index in [0.717, 1.165) is 25.2 Å². The number of rotatable bonds is 6. The fourth-order valence-electron chi connectivity index (χ4n) is 6.00. The third-order valence-electron chi connectivity index (χ3n) is 7.57. The maximum Gasteiger partial charge on any atom is 0.264 e. The van der Waals surface area contributed by atoms with Gasteiger partial charge in [-0.25, -0.2) is 9.37 Å². The molecule has 38 heavy (non-hydrogen) atoms. The van der Waals surface area contributed by atoms with Gasteiger partial charge in [-0.2, -0.15) is 0 Å². The van der Waals surface area contributed by atoms with Crippen LogP contribution in [0.3, 0.4) is 0 Å². The second-order valence-corrected chi connectivity index (χ2v) is 10.9. The van der Waals surface area contributed by atoms with Crippen molar-refractivity contribution in [2.24, 2.45) is 11.8 Å². The highest BCUT2D eigenvalue weighted by Gasteiger charge is 2.31. The number of imide groups is 1. The van der Waals surface area contributed by atoms with Crippen LogP contribution in [0.25, 0.3) is 10.9 Å². The Morgan fingerprint density at radius 3 is 2.58 bits per heavy atom. The van der Waals surface area contributed by atoms with Crippen LogP contribution in [0.4, 0.5) is 10.1 Å². The van der Waals surface area contributed by atoms with Gasteiger partial charge in [0, 0.05) is 43.9 Å². The second-order valence-electron chi connectivity index (χ2n) is 10.9. The van der Waals surface area contributed by atoms with Crippen LogP contribution in [0, 0.1) is 24.6 Å². The Bertz CT molecular complexity index is 1440. The van der Waals surface area contributed by atoms with Crippen LogP contribution in [0.15, 0.2) is 41.2 Å². The molecule has 200 valence electrons. The van der Waals surface area contributed by atoms with E-state index in [-0.39, 0.29) is 36.7 Å². The minimum absolute atomic E-state index is 0.158. The predicted molar refractivity (Wildman–Crippen MR) is 144 cm³/mol. The number of nitrogens with one attached hydrogen (secondary N) is 2. The number of carbonyl (C=O) groups is 2. The number of aromatic nitrogens is 2. The van der Waals surface area contributed by atoms with Gasteiger partial charge in [0.1, 0.15) is 17.7 Å². The summed E-state index contributed by atoms with van der Waals surface area (Å²) in [5.41, 5.74) is 2.08. The molecule has 2 fully saturated rings. The SMILES string of the molecule is Cc1nc2cccc(NCc3ccc(CN4CC(C)CC(C)C4)cc3F)c2c(=O)n1C1CCC(=O)NC1=O. The first-order valence-electron chi connectivity index (χ1n) is 13.3. The number of fused-ring (bicyclic) bond motifs is 1. The number of hydrogen-bond donors (Lipinski definition) is 2. The van der Waals surface area contributed by atoms with E-state index >= 15 is 4.39 Å². The number of likely N-dealkylation sites (tertiary alicyclic amines) is 1. The molecule has 3 unspecified atom stereocenters. The fraction of sp³-hybridized carbons (Fsp3) is 0.448. The first-order chi connectivity index (χ1) is 18.2. The van der Waals surface area contributed by atoms with Gasteiger partial charge in [0.05, 0.1) is 10.9 Å². The first kappa shape index (κ1) is 26.0. The Hall–Kier alpha value is -3.59. The van der Waals surface area contributed by atoms with E-state index in [2.05, 4.69) is 34.4 Å². The highest BCUT2D eigenvalue weighted by Crippen LogP contribution is 2.25. The summed E-state index contributed by atoms with van der Waals surface area (Å²) in [7, 11) is 0. The lowest BCUT2D eigenvalue weighted by molar-refractivity contribution is -0.135. The Labute approximate surface area is 221 Å². The van der Waals surface area contributed by atoms with E-state index in [4.69, 9.17) is 0 Å². The number of carbonyl (C=O) groups excluding carboxylic acids is 2. The van der Waals surface area contributed by atoms with E-state index < -0.39 is 11.9 Å². The Kier molecular flexibility index (Phi) is 7.29. The van der Waals surface area contributed by atoms with E-state index in [1.54, 1.807) is 37.3 Å². The number of anilines is 1. The van der Waals surface area contributed by atoms with Crippen molar-refractivity contribution < 1.29 is 14.0 Å². The van der Waals surface area contributed by atoms with Crippen molar-refractivity contribution in [3.8, 4) is 0 Å². The van der Waals surface area contributed by atoms with Gasteiger partial charge in [-0.05, 0) is 55.4 Å². The van der Waals surface area contributed by atoms with Crippen molar-refractivity contribution in [3.63, 3.8) is 0 Å². The van der Waals surface area contributed by atoms with Crippen LogP contribution in [-0.4, -0.2) is 39.4 Å². The molecule has 9 heteroatoms. The summed E-state index contributed by atoms with van der Waals surface area (Å²) in [5, 5.41) is 5.84. The van der Waals surface area contributed by atoms with E-state index in [1.165, 1.54) is 11.0 Å². The Balaban J connectivity index is 1.37. The number of aryl methyl sites for hydroxylation is 1. The molecule has 0 spiro atoms. The quantitative estimate of drug-likeness (QED) is 0.480. The molecule has 8 nitrogen and oxygen atoms in total. The van der Waals surface area contributed by atoms with Gasteiger partial charge in [-0.3, -0.25) is 29.2 Å². The normalized spacial score (nSPS) is 22.5. The number of hydrogen-bond acceptors (Lipinski definition) is 6. The monoisotopic (exact) mass is 519 g/mol. The lowest BCUT2D eigenvalue weighted by Gasteiger charge is -2.35. The third kappa shape index (κ3) is 5.34. The molecule has 5 rings (SSSR count). The molecule has 2 aromatic carbocycles. The van der Waals surface area contributed by atoms with Crippen LogP contribution in [0.5, 0.6) is 0 Å². The lowest BCUT2D eigenvalue weighted by Crippen LogP contribution is -2.45. The molecule has 0 bridgehead atoms. The first-order valence-corrected chi connectivity index (χ1v) is 13.3. The topological polar surface area (TPSA) is 96.3 Å². The van der Waals surface area contributed by atoms with Gasteiger partial charge in [-0.15, -0.1) is 0 Å². The maximum atomic E-state index is 15.1. The molecular weight excluding hydrogens is 485 g/mol. The molecule has 1 aromatic heterocycles. The van der Waals surface area contributed by atoms with Gasteiger partial charge in [-0.1, -0.05) is 32.0 Å². The largest absolute Gasteiger partial charge is 0.380 e. The highest BCUT2D eigenvalue weighted by atomic mass is 19.1. The molecular formula is C29H34FN5O3. The fourth-order valence-corrected chi connectivity index (χ4v) is 6.00. The van der Waals surface area contributed by atoms with Gasteiger partial charge in [0.15, 0.2) is 0 Å². The molecule has 0 saturated carbocycles. The molecule has 2 saturated heterocycles. The van der Waals surface area contributed by atoms with Crippen molar-refractivity contribution in [2.75, 3.05) is 18.4 Å². The summed E-state index contributed by atoms with van der Waals surface area (Å²) >= 11 is 0. The molecule has 0 radical (unpaired) electrons. The Morgan fingerprint density at radius 1 is 1.11 bits per heavy atom. The van der Waals surface area contributed by atoms with Crippen LogP contribution in [0.1, 0.15) is 56.1 Å². The van der Waals surface area contributed by atoms with E-state index in [1.807, 2.05) is 6.07 Å². The van der Waals surface area contributed by atoms with Crippen molar-refractivity contribution in [3.05, 3.63) is 69.5 Å². The maximum absolute atomic E-state index is 15.1. The molecule has 2 amide bonds. The number of benzene rings is 2.